The number of carbonyl (C=O) groups excluding carboxylic acids is 1. The standard InChI is InChI=1S/C6H13NO.C2H6/c1-3-4-5(2)6(7)8;1-2/h5H,3-4H2,1-2H3,(H2,7,8);1-2H3. The fraction of sp³-hybridized carbons (Fsp3) is 0.875. The molecule has 2 heteroatoms. The smallest absolute Gasteiger partial charge is 0.220 e. The molecule has 2 N–H and O–H groups in total. The Morgan fingerprint density at radius 1 is 1.50 bits per heavy atom. The summed E-state index contributed by atoms with van der Waals surface area (Å²) in [5.41, 5.74) is 4.98. The van der Waals surface area contributed by atoms with Gasteiger partial charge in [-0.15, -0.1) is 0 Å². The van der Waals surface area contributed by atoms with Crippen LogP contribution >= 0.6 is 0 Å². The largest absolute Gasteiger partial charge is 0.369 e. The Labute approximate surface area is 63.8 Å². The first-order valence-electron chi connectivity index (χ1n) is 3.97. The second kappa shape index (κ2) is 8.47. The van der Waals surface area contributed by atoms with E-state index in [0.29, 0.717) is 0 Å². The monoisotopic (exact) mass is 145 g/mol. The fourth-order valence-electron chi connectivity index (χ4n) is 0.575. The number of rotatable bonds is 3. The van der Waals surface area contributed by atoms with E-state index in [-0.39, 0.29) is 11.8 Å². The second-order valence-electron chi connectivity index (χ2n) is 2.09. The van der Waals surface area contributed by atoms with Crippen LogP contribution in [-0.4, -0.2) is 5.91 Å². The van der Waals surface area contributed by atoms with Gasteiger partial charge in [0, 0.05) is 5.92 Å². The van der Waals surface area contributed by atoms with Crippen molar-refractivity contribution in [2.45, 2.75) is 40.5 Å². The summed E-state index contributed by atoms with van der Waals surface area (Å²) in [6.07, 6.45) is 1.94. The minimum absolute atomic E-state index is 0.0556. The first kappa shape index (κ1) is 12.2. The number of hydrogen-bond donors (Lipinski definition) is 1. The molecule has 62 valence electrons. The van der Waals surface area contributed by atoms with Gasteiger partial charge in [0.1, 0.15) is 0 Å². The van der Waals surface area contributed by atoms with Crippen molar-refractivity contribution in [3.63, 3.8) is 0 Å². The molecule has 1 unspecified atom stereocenters. The third kappa shape index (κ3) is 7.47. The predicted molar refractivity (Wildman–Crippen MR) is 44.6 cm³/mol. The molecule has 0 rings (SSSR count). The van der Waals surface area contributed by atoms with Crippen LogP contribution in [0.1, 0.15) is 40.5 Å². The van der Waals surface area contributed by atoms with Crippen molar-refractivity contribution < 1.29 is 4.79 Å². The molecule has 1 atom stereocenters. The lowest BCUT2D eigenvalue weighted by Gasteiger charge is -2.01. The molecule has 0 radical (unpaired) electrons. The molecular weight excluding hydrogens is 126 g/mol. The van der Waals surface area contributed by atoms with E-state index in [1.807, 2.05) is 27.7 Å². The van der Waals surface area contributed by atoms with Gasteiger partial charge in [-0.2, -0.15) is 0 Å². The topological polar surface area (TPSA) is 43.1 Å². The van der Waals surface area contributed by atoms with Crippen molar-refractivity contribution in [3.8, 4) is 0 Å². The van der Waals surface area contributed by atoms with Crippen molar-refractivity contribution in [2.75, 3.05) is 0 Å². The molecule has 0 spiro atoms. The van der Waals surface area contributed by atoms with E-state index in [4.69, 9.17) is 5.73 Å². The quantitative estimate of drug-likeness (QED) is 0.648. The zero-order valence-corrected chi connectivity index (χ0v) is 7.48. The maximum absolute atomic E-state index is 10.3. The second-order valence-corrected chi connectivity index (χ2v) is 2.09. The lowest BCUT2D eigenvalue weighted by Crippen LogP contribution is -2.19. The highest BCUT2D eigenvalue weighted by Gasteiger charge is 2.04. The van der Waals surface area contributed by atoms with Crippen LogP contribution < -0.4 is 5.73 Å². The summed E-state index contributed by atoms with van der Waals surface area (Å²) in [5.74, 6) is -0.133. The molecule has 0 aliphatic rings. The van der Waals surface area contributed by atoms with Crippen LogP contribution in [0.15, 0.2) is 0 Å². The lowest BCUT2D eigenvalue weighted by atomic mass is 10.1. The van der Waals surface area contributed by atoms with Crippen LogP contribution in [0.5, 0.6) is 0 Å². The molecule has 0 heterocycles. The van der Waals surface area contributed by atoms with E-state index >= 15 is 0 Å². The highest BCUT2D eigenvalue weighted by molar-refractivity contribution is 5.76. The Bertz CT molecular complexity index is 81.3. The zero-order valence-electron chi connectivity index (χ0n) is 7.48. The summed E-state index contributed by atoms with van der Waals surface area (Å²) in [6, 6.07) is 0. The first-order valence-corrected chi connectivity index (χ1v) is 3.97. The molecule has 0 saturated heterocycles. The predicted octanol–water partition coefficient (Wildman–Crippen LogP) is 1.93. The average Bonchev–Trinajstić information content (AvgIpc) is 1.93. The van der Waals surface area contributed by atoms with Crippen LogP contribution in [0.4, 0.5) is 0 Å². The van der Waals surface area contributed by atoms with E-state index in [1.165, 1.54) is 0 Å². The molecular formula is C8H19NO. The summed E-state index contributed by atoms with van der Waals surface area (Å²) in [5, 5.41) is 0. The van der Waals surface area contributed by atoms with Crippen LogP contribution in [0, 0.1) is 5.92 Å². The van der Waals surface area contributed by atoms with Gasteiger partial charge in [-0.3, -0.25) is 4.79 Å². The Morgan fingerprint density at radius 3 is 2.00 bits per heavy atom. The van der Waals surface area contributed by atoms with E-state index in [2.05, 4.69) is 0 Å². The zero-order chi connectivity index (χ0) is 8.57. The molecule has 2 nitrogen and oxygen atoms in total. The Hall–Kier alpha value is -0.530. The minimum Gasteiger partial charge on any atom is -0.369 e. The number of primary amides is 1. The Kier molecular flexibility index (Phi) is 10.3. The molecule has 0 saturated carbocycles. The maximum Gasteiger partial charge on any atom is 0.220 e. The fourth-order valence-corrected chi connectivity index (χ4v) is 0.575. The summed E-state index contributed by atoms with van der Waals surface area (Å²) < 4.78 is 0. The maximum atomic E-state index is 10.3. The molecule has 0 aliphatic carbocycles. The average molecular weight is 145 g/mol. The van der Waals surface area contributed by atoms with Gasteiger partial charge in [0.15, 0.2) is 0 Å². The van der Waals surface area contributed by atoms with E-state index in [1.54, 1.807) is 0 Å². The molecule has 0 fully saturated rings. The van der Waals surface area contributed by atoms with Crippen molar-refractivity contribution in [1.29, 1.82) is 0 Å². The number of carbonyl (C=O) groups is 1. The van der Waals surface area contributed by atoms with Crippen LogP contribution in [-0.2, 0) is 4.79 Å². The van der Waals surface area contributed by atoms with Crippen molar-refractivity contribution >= 4 is 5.91 Å². The summed E-state index contributed by atoms with van der Waals surface area (Å²) >= 11 is 0. The SMILES string of the molecule is CC.CCCC(C)C(N)=O. The number of nitrogens with two attached hydrogens (primary N) is 1. The molecule has 0 aliphatic heterocycles. The highest BCUT2D eigenvalue weighted by Crippen LogP contribution is 2.01. The van der Waals surface area contributed by atoms with Gasteiger partial charge >= 0.3 is 0 Å². The summed E-state index contributed by atoms with van der Waals surface area (Å²) in [6.45, 7) is 7.89. The van der Waals surface area contributed by atoms with Gasteiger partial charge in [-0.1, -0.05) is 34.1 Å². The van der Waals surface area contributed by atoms with Crippen molar-refractivity contribution in [3.05, 3.63) is 0 Å². The molecule has 0 aromatic rings. The highest BCUT2D eigenvalue weighted by atomic mass is 16.1. The van der Waals surface area contributed by atoms with Gasteiger partial charge in [0.05, 0.1) is 0 Å². The van der Waals surface area contributed by atoms with Gasteiger partial charge in [0.2, 0.25) is 5.91 Å². The van der Waals surface area contributed by atoms with Gasteiger partial charge in [0.25, 0.3) is 0 Å². The first-order chi connectivity index (χ1) is 4.68. The molecule has 10 heavy (non-hydrogen) atoms. The van der Waals surface area contributed by atoms with E-state index < -0.39 is 0 Å². The third-order valence-corrected chi connectivity index (χ3v) is 1.21. The van der Waals surface area contributed by atoms with E-state index in [0.717, 1.165) is 12.8 Å². The van der Waals surface area contributed by atoms with Crippen LogP contribution in [0.25, 0.3) is 0 Å². The summed E-state index contributed by atoms with van der Waals surface area (Å²) in [7, 11) is 0. The van der Waals surface area contributed by atoms with Crippen molar-refractivity contribution in [1.82, 2.24) is 0 Å². The molecule has 0 aromatic carbocycles. The Balaban J connectivity index is 0. The Morgan fingerprint density at radius 2 is 1.90 bits per heavy atom. The molecule has 1 amide bonds. The minimum atomic E-state index is -0.188. The number of hydrogen-bond acceptors (Lipinski definition) is 1. The van der Waals surface area contributed by atoms with Crippen molar-refractivity contribution in [2.24, 2.45) is 11.7 Å². The van der Waals surface area contributed by atoms with Gasteiger partial charge in [-0.05, 0) is 6.42 Å². The molecule has 0 bridgehead atoms. The third-order valence-electron chi connectivity index (χ3n) is 1.21. The normalized spacial score (nSPS) is 11.2. The van der Waals surface area contributed by atoms with Crippen LogP contribution in [0.2, 0.25) is 0 Å². The number of amides is 1. The van der Waals surface area contributed by atoms with Gasteiger partial charge in [-0.25, -0.2) is 0 Å². The van der Waals surface area contributed by atoms with Crippen LogP contribution in [0.3, 0.4) is 0 Å². The van der Waals surface area contributed by atoms with Gasteiger partial charge < -0.3 is 5.73 Å². The summed E-state index contributed by atoms with van der Waals surface area (Å²) in [4.78, 5) is 10.3. The van der Waals surface area contributed by atoms with E-state index in [9.17, 15) is 4.79 Å². The molecule has 0 aromatic heterocycles. The lowest BCUT2D eigenvalue weighted by molar-refractivity contribution is -0.121.